The molecular formula is C20H19FN2O3S. The first-order chi connectivity index (χ1) is 13.1. The second-order valence-electron chi connectivity index (χ2n) is 6.42. The number of benzene rings is 2. The maximum absolute atomic E-state index is 14.0. The molecule has 5 nitrogen and oxygen atoms in total. The lowest BCUT2D eigenvalue weighted by Crippen LogP contribution is -2.36. The number of carbonyl (C=O) groups excluding carboxylic acids is 2. The lowest BCUT2D eigenvalue weighted by atomic mass is 10.2. The van der Waals surface area contributed by atoms with Crippen LogP contribution in [0.25, 0.3) is 0 Å². The molecule has 1 atom stereocenters. The van der Waals surface area contributed by atoms with Gasteiger partial charge >= 0.3 is 0 Å². The SMILES string of the molecule is O=C1C[C@H](Sc2ccc(N3CCOCC3)cc2)C(=O)N1c1ccccc1F. The molecule has 2 saturated heterocycles. The van der Waals surface area contributed by atoms with E-state index in [2.05, 4.69) is 4.90 Å². The van der Waals surface area contributed by atoms with Crippen molar-refractivity contribution >= 4 is 35.0 Å². The van der Waals surface area contributed by atoms with E-state index < -0.39 is 11.1 Å². The third-order valence-electron chi connectivity index (χ3n) is 4.69. The number of hydrogen-bond acceptors (Lipinski definition) is 5. The van der Waals surface area contributed by atoms with Gasteiger partial charge < -0.3 is 9.64 Å². The number of thioether (sulfide) groups is 1. The summed E-state index contributed by atoms with van der Waals surface area (Å²) in [5, 5.41) is -0.536. The first-order valence-corrected chi connectivity index (χ1v) is 9.72. The van der Waals surface area contributed by atoms with E-state index in [-0.39, 0.29) is 23.9 Å². The van der Waals surface area contributed by atoms with E-state index >= 15 is 0 Å². The first kappa shape index (κ1) is 18.0. The van der Waals surface area contributed by atoms with Gasteiger partial charge in [-0.25, -0.2) is 9.29 Å². The highest BCUT2D eigenvalue weighted by Gasteiger charge is 2.41. The number of rotatable bonds is 4. The Balaban J connectivity index is 1.46. The van der Waals surface area contributed by atoms with Crippen LogP contribution in [0.1, 0.15) is 6.42 Å². The summed E-state index contributed by atoms with van der Waals surface area (Å²) in [5.41, 5.74) is 1.14. The summed E-state index contributed by atoms with van der Waals surface area (Å²) in [6.07, 6.45) is 0.0725. The number of carbonyl (C=O) groups is 2. The molecule has 0 aromatic heterocycles. The van der Waals surface area contributed by atoms with Gasteiger partial charge in [-0.2, -0.15) is 0 Å². The van der Waals surface area contributed by atoms with Crippen LogP contribution in [0, 0.1) is 5.82 Å². The number of nitrogens with zero attached hydrogens (tertiary/aromatic N) is 2. The van der Waals surface area contributed by atoms with Gasteiger partial charge in [-0.15, -0.1) is 11.8 Å². The van der Waals surface area contributed by atoms with E-state index in [0.29, 0.717) is 0 Å². The Bertz CT molecular complexity index is 853. The summed E-state index contributed by atoms with van der Waals surface area (Å²) in [6.45, 7) is 3.17. The minimum Gasteiger partial charge on any atom is -0.378 e. The number of amides is 2. The zero-order valence-electron chi connectivity index (χ0n) is 14.6. The van der Waals surface area contributed by atoms with Crippen molar-refractivity contribution in [1.29, 1.82) is 0 Å². The molecule has 0 unspecified atom stereocenters. The molecule has 2 heterocycles. The molecule has 0 saturated carbocycles. The Morgan fingerprint density at radius 3 is 2.41 bits per heavy atom. The van der Waals surface area contributed by atoms with Crippen molar-refractivity contribution in [3.63, 3.8) is 0 Å². The first-order valence-electron chi connectivity index (χ1n) is 8.84. The summed E-state index contributed by atoms with van der Waals surface area (Å²) < 4.78 is 19.4. The third-order valence-corrected chi connectivity index (χ3v) is 5.89. The highest BCUT2D eigenvalue weighted by atomic mass is 32.2. The second kappa shape index (κ2) is 7.70. The molecule has 2 aromatic carbocycles. The number of ether oxygens (including phenoxy) is 1. The van der Waals surface area contributed by atoms with Crippen LogP contribution in [-0.4, -0.2) is 43.4 Å². The van der Waals surface area contributed by atoms with Gasteiger partial charge in [0.25, 0.3) is 0 Å². The zero-order chi connectivity index (χ0) is 18.8. The van der Waals surface area contributed by atoms with Crippen LogP contribution in [0.15, 0.2) is 53.4 Å². The molecule has 0 spiro atoms. The molecule has 140 valence electrons. The Hall–Kier alpha value is -2.38. The molecule has 2 fully saturated rings. The molecule has 0 radical (unpaired) electrons. The van der Waals surface area contributed by atoms with Crippen molar-refractivity contribution in [3.8, 4) is 0 Å². The Kier molecular flexibility index (Phi) is 5.13. The molecule has 2 aromatic rings. The van der Waals surface area contributed by atoms with Gasteiger partial charge in [0, 0.05) is 30.1 Å². The van der Waals surface area contributed by atoms with E-state index in [0.717, 1.165) is 41.8 Å². The van der Waals surface area contributed by atoms with E-state index in [4.69, 9.17) is 4.74 Å². The fraction of sp³-hybridized carbons (Fsp3) is 0.300. The van der Waals surface area contributed by atoms with Gasteiger partial charge in [0.1, 0.15) is 5.82 Å². The molecule has 27 heavy (non-hydrogen) atoms. The molecule has 2 aliphatic heterocycles. The number of para-hydroxylation sites is 1. The lowest BCUT2D eigenvalue weighted by molar-refractivity contribution is -0.121. The summed E-state index contributed by atoms with van der Waals surface area (Å²) in [7, 11) is 0. The van der Waals surface area contributed by atoms with Gasteiger partial charge in [0.15, 0.2) is 0 Å². The number of halogens is 1. The number of morpholine rings is 1. The van der Waals surface area contributed by atoms with Crippen LogP contribution >= 0.6 is 11.8 Å². The van der Waals surface area contributed by atoms with Gasteiger partial charge in [-0.1, -0.05) is 12.1 Å². The van der Waals surface area contributed by atoms with Crippen LogP contribution in [0.4, 0.5) is 15.8 Å². The average Bonchev–Trinajstić information content (AvgIpc) is 2.97. The molecule has 0 N–H and O–H groups in total. The van der Waals surface area contributed by atoms with Crippen LogP contribution in [-0.2, 0) is 14.3 Å². The summed E-state index contributed by atoms with van der Waals surface area (Å²) >= 11 is 1.34. The van der Waals surface area contributed by atoms with E-state index in [1.807, 2.05) is 24.3 Å². The highest BCUT2D eigenvalue weighted by Crippen LogP contribution is 2.35. The van der Waals surface area contributed by atoms with Gasteiger partial charge in [0.05, 0.1) is 24.2 Å². The second-order valence-corrected chi connectivity index (χ2v) is 7.70. The Labute approximate surface area is 161 Å². The molecule has 4 rings (SSSR count). The minimum absolute atomic E-state index is 0.0262. The quantitative estimate of drug-likeness (QED) is 0.756. The fourth-order valence-electron chi connectivity index (χ4n) is 3.30. The smallest absolute Gasteiger partial charge is 0.247 e. The molecule has 2 aliphatic rings. The standard InChI is InChI=1S/C20H19FN2O3S/c21-16-3-1-2-4-17(16)23-19(24)13-18(20(23)25)27-15-7-5-14(6-8-15)22-9-11-26-12-10-22/h1-8,18H,9-13H2/t18-/m0/s1. The third kappa shape index (κ3) is 3.70. The monoisotopic (exact) mass is 386 g/mol. The predicted molar refractivity (Wildman–Crippen MR) is 103 cm³/mol. The van der Waals surface area contributed by atoms with Crippen molar-refractivity contribution in [3.05, 3.63) is 54.3 Å². The van der Waals surface area contributed by atoms with Crippen molar-refractivity contribution < 1.29 is 18.7 Å². The topological polar surface area (TPSA) is 49.9 Å². The average molecular weight is 386 g/mol. The number of anilines is 2. The summed E-state index contributed by atoms with van der Waals surface area (Å²) in [4.78, 5) is 29.1. The van der Waals surface area contributed by atoms with E-state index in [9.17, 15) is 14.0 Å². The van der Waals surface area contributed by atoms with Gasteiger partial charge in [-0.05, 0) is 36.4 Å². The zero-order valence-corrected chi connectivity index (χ0v) is 15.5. The normalized spacial score (nSPS) is 20.4. The van der Waals surface area contributed by atoms with Crippen LogP contribution in [0.5, 0.6) is 0 Å². The Morgan fingerprint density at radius 1 is 1.00 bits per heavy atom. The van der Waals surface area contributed by atoms with E-state index in [1.54, 1.807) is 6.07 Å². The molecular weight excluding hydrogens is 367 g/mol. The predicted octanol–water partition coefficient (Wildman–Crippen LogP) is 3.09. The summed E-state index contributed by atoms with van der Waals surface area (Å²) in [6, 6.07) is 13.8. The van der Waals surface area contributed by atoms with Gasteiger partial charge in [0.2, 0.25) is 11.8 Å². The maximum atomic E-state index is 14.0. The van der Waals surface area contributed by atoms with Gasteiger partial charge in [-0.3, -0.25) is 9.59 Å². The van der Waals surface area contributed by atoms with Crippen molar-refractivity contribution in [2.45, 2.75) is 16.6 Å². The molecule has 7 heteroatoms. The Morgan fingerprint density at radius 2 is 1.70 bits per heavy atom. The van der Waals surface area contributed by atoms with E-state index in [1.165, 1.54) is 30.0 Å². The molecule has 0 bridgehead atoms. The van der Waals surface area contributed by atoms with Crippen molar-refractivity contribution in [2.24, 2.45) is 0 Å². The number of hydrogen-bond donors (Lipinski definition) is 0. The van der Waals surface area contributed by atoms with Crippen molar-refractivity contribution in [1.82, 2.24) is 0 Å². The molecule has 0 aliphatic carbocycles. The largest absolute Gasteiger partial charge is 0.378 e. The number of imide groups is 1. The lowest BCUT2D eigenvalue weighted by Gasteiger charge is -2.28. The van der Waals surface area contributed by atoms with Crippen LogP contribution in [0.3, 0.4) is 0 Å². The molecule has 2 amide bonds. The highest BCUT2D eigenvalue weighted by molar-refractivity contribution is 8.00. The van der Waals surface area contributed by atoms with Crippen LogP contribution < -0.4 is 9.80 Å². The minimum atomic E-state index is -0.570. The maximum Gasteiger partial charge on any atom is 0.247 e. The fourth-order valence-corrected chi connectivity index (χ4v) is 4.36. The van der Waals surface area contributed by atoms with Crippen LogP contribution in [0.2, 0.25) is 0 Å². The summed E-state index contributed by atoms with van der Waals surface area (Å²) in [5.74, 6) is -1.31. The van der Waals surface area contributed by atoms with Crippen molar-refractivity contribution in [2.75, 3.05) is 36.1 Å².